The fraction of sp³-hybridized carbons (Fsp3) is 0.571. The van der Waals surface area contributed by atoms with Gasteiger partial charge < -0.3 is 10.8 Å². The van der Waals surface area contributed by atoms with Crippen LogP contribution in [0.1, 0.15) is 43.8 Å². The van der Waals surface area contributed by atoms with Gasteiger partial charge in [-0.15, -0.1) is 0 Å². The zero-order valence-electron chi connectivity index (χ0n) is 9.73. The maximum atomic E-state index is 10.5. The first-order chi connectivity index (χ1) is 7.78. The van der Waals surface area contributed by atoms with Gasteiger partial charge in [0.2, 0.25) is 0 Å². The van der Waals surface area contributed by atoms with Crippen LogP contribution < -0.4 is 5.73 Å². The number of hydrogen-bond donors (Lipinski definition) is 2. The van der Waals surface area contributed by atoms with Gasteiger partial charge in [0, 0.05) is 12.0 Å². The topological polar surface area (TPSA) is 46.2 Å². The van der Waals surface area contributed by atoms with Gasteiger partial charge in [-0.3, -0.25) is 0 Å². The number of aliphatic hydroxyl groups is 1. The van der Waals surface area contributed by atoms with E-state index in [1.165, 1.54) is 19.3 Å². The second-order valence-electron chi connectivity index (χ2n) is 4.94. The minimum atomic E-state index is -0.404. The maximum Gasteiger partial charge on any atom is 0.0858 e. The van der Waals surface area contributed by atoms with E-state index in [9.17, 15) is 5.11 Å². The Kier molecular flexibility index (Phi) is 3.62. The summed E-state index contributed by atoms with van der Waals surface area (Å²) in [5.41, 5.74) is 6.84. The van der Waals surface area contributed by atoms with Gasteiger partial charge in [-0.25, -0.2) is 0 Å². The molecule has 2 rings (SSSR count). The molecule has 0 aromatic heterocycles. The molecule has 1 aliphatic rings. The Morgan fingerprint density at radius 1 is 1.12 bits per heavy atom. The van der Waals surface area contributed by atoms with Gasteiger partial charge in [-0.2, -0.15) is 0 Å². The van der Waals surface area contributed by atoms with Crippen molar-refractivity contribution in [3.05, 3.63) is 35.9 Å². The lowest BCUT2D eigenvalue weighted by Gasteiger charge is -2.40. The molecule has 1 atom stereocenters. The van der Waals surface area contributed by atoms with Crippen molar-refractivity contribution in [1.82, 2.24) is 0 Å². The Morgan fingerprint density at radius 2 is 1.75 bits per heavy atom. The van der Waals surface area contributed by atoms with Crippen LogP contribution in [-0.4, -0.2) is 11.7 Å². The van der Waals surface area contributed by atoms with Gasteiger partial charge in [-0.1, -0.05) is 49.6 Å². The summed E-state index contributed by atoms with van der Waals surface area (Å²) in [6, 6.07) is 9.93. The van der Waals surface area contributed by atoms with Crippen LogP contribution >= 0.6 is 0 Å². The van der Waals surface area contributed by atoms with Crippen molar-refractivity contribution in [3.8, 4) is 0 Å². The van der Waals surface area contributed by atoms with Crippen LogP contribution in [0.2, 0.25) is 0 Å². The lowest BCUT2D eigenvalue weighted by atomic mass is 9.68. The number of nitrogens with two attached hydrogens (primary N) is 1. The van der Waals surface area contributed by atoms with Gasteiger partial charge >= 0.3 is 0 Å². The van der Waals surface area contributed by atoms with Crippen LogP contribution in [0.25, 0.3) is 0 Å². The number of benzene rings is 1. The van der Waals surface area contributed by atoms with Crippen molar-refractivity contribution >= 4 is 0 Å². The summed E-state index contributed by atoms with van der Waals surface area (Å²) in [5.74, 6) is 0. The van der Waals surface area contributed by atoms with Gasteiger partial charge in [0.05, 0.1) is 6.10 Å². The Bertz CT molecular complexity index is 317. The Labute approximate surface area is 97.5 Å². The highest BCUT2D eigenvalue weighted by Gasteiger charge is 2.38. The Balaban J connectivity index is 2.20. The highest BCUT2D eigenvalue weighted by Crippen LogP contribution is 2.45. The van der Waals surface area contributed by atoms with Crippen LogP contribution in [0.4, 0.5) is 0 Å². The fourth-order valence-electron chi connectivity index (χ4n) is 2.83. The predicted molar refractivity (Wildman–Crippen MR) is 66.0 cm³/mol. The molecule has 1 aromatic carbocycles. The highest BCUT2D eigenvalue weighted by atomic mass is 16.3. The molecule has 0 radical (unpaired) electrons. The van der Waals surface area contributed by atoms with Crippen molar-refractivity contribution < 1.29 is 5.11 Å². The standard InChI is InChI=1S/C14H21NO/c15-11-14(9-5-2-6-10-14)13(16)12-7-3-1-4-8-12/h1,3-4,7-8,13,16H,2,5-6,9-11,15H2. The van der Waals surface area contributed by atoms with E-state index in [-0.39, 0.29) is 5.41 Å². The van der Waals surface area contributed by atoms with E-state index in [2.05, 4.69) is 0 Å². The molecule has 1 aliphatic carbocycles. The number of rotatable bonds is 3. The summed E-state index contributed by atoms with van der Waals surface area (Å²) in [6.07, 6.45) is 5.38. The molecule has 3 N–H and O–H groups in total. The fourth-order valence-corrected chi connectivity index (χ4v) is 2.83. The molecule has 16 heavy (non-hydrogen) atoms. The minimum Gasteiger partial charge on any atom is -0.388 e. The van der Waals surface area contributed by atoms with E-state index in [4.69, 9.17) is 5.73 Å². The zero-order valence-corrected chi connectivity index (χ0v) is 9.73. The largest absolute Gasteiger partial charge is 0.388 e. The Morgan fingerprint density at radius 3 is 2.31 bits per heavy atom. The lowest BCUT2D eigenvalue weighted by molar-refractivity contribution is 0.000699. The lowest BCUT2D eigenvalue weighted by Crippen LogP contribution is -2.38. The normalized spacial score (nSPS) is 21.6. The van der Waals surface area contributed by atoms with E-state index in [0.29, 0.717) is 6.54 Å². The summed E-state index contributed by atoms with van der Waals surface area (Å²) in [7, 11) is 0. The molecular formula is C14H21NO. The summed E-state index contributed by atoms with van der Waals surface area (Å²) in [4.78, 5) is 0. The van der Waals surface area contributed by atoms with Gasteiger partial charge in [-0.05, 0) is 18.4 Å². The molecular weight excluding hydrogens is 198 g/mol. The third kappa shape index (κ3) is 2.13. The van der Waals surface area contributed by atoms with Crippen molar-refractivity contribution in [3.63, 3.8) is 0 Å². The van der Waals surface area contributed by atoms with Crippen molar-refractivity contribution in [2.24, 2.45) is 11.1 Å². The first-order valence-electron chi connectivity index (χ1n) is 6.22. The van der Waals surface area contributed by atoms with E-state index in [1.807, 2.05) is 30.3 Å². The zero-order chi connectivity index (χ0) is 11.4. The summed E-state index contributed by atoms with van der Waals surface area (Å²) < 4.78 is 0. The third-order valence-electron chi connectivity index (χ3n) is 3.95. The van der Waals surface area contributed by atoms with Crippen molar-refractivity contribution in [2.75, 3.05) is 6.54 Å². The average molecular weight is 219 g/mol. The third-order valence-corrected chi connectivity index (χ3v) is 3.95. The summed E-state index contributed by atoms with van der Waals surface area (Å²) in [5, 5.41) is 10.5. The summed E-state index contributed by atoms with van der Waals surface area (Å²) in [6.45, 7) is 0.586. The quantitative estimate of drug-likeness (QED) is 0.821. The maximum absolute atomic E-state index is 10.5. The molecule has 2 heteroatoms. The van der Waals surface area contributed by atoms with Gasteiger partial charge in [0.1, 0.15) is 0 Å². The minimum absolute atomic E-state index is 0.0837. The average Bonchev–Trinajstić information content (AvgIpc) is 2.39. The first kappa shape index (κ1) is 11.6. The molecule has 0 heterocycles. The van der Waals surface area contributed by atoms with Crippen LogP contribution in [0.15, 0.2) is 30.3 Å². The van der Waals surface area contributed by atoms with Crippen molar-refractivity contribution in [2.45, 2.75) is 38.2 Å². The second-order valence-corrected chi connectivity index (χ2v) is 4.94. The molecule has 1 fully saturated rings. The first-order valence-corrected chi connectivity index (χ1v) is 6.22. The van der Waals surface area contributed by atoms with E-state index in [0.717, 1.165) is 18.4 Å². The van der Waals surface area contributed by atoms with E-state index < -0.39 is 6.10 Å². The van der Waals surface area contributed by atoms with Gasteiger partial charge in [0.15, 0.2) is 0 Å². The molecule has 0 saturated heterocycles. The molecule has 1 unspecified atom stereocenters. The van der Waals surface area contributed by atoms with E-state index in [1.54, 1.807) is 0 Å². The molecule has 1 aromatic rings. The van der Waals surface area contributed by atoms with Crippen LogP contribution in [-0.2, 0) is 0 Å². The predicted octanol–water partition coefficient (Wildman–Crippen LogP) is 2.63. The highest BCUT2D eigenvalue weighted by molar-refractivity contribution is 5.20. The van der Waals surface area contributed by atoms with Crippen LogP contribution in [0.5, 0.6) is 0 Å². The van der Waals surface area contributed by atoms with E-state index >= 15 is 0 Å². The van der Waals surface area contributed by atoms with Gasteiger partial charge in [0.25, 0.3) is 0 Å². The second kappa shape index (κ2) is 4.98. The van der Waals surface area contributed by atoms with Crippen molar-refractivity contribution in [1.29, 1.82) is 0 Å². The Hall–Kier alpha value is -0.860. The van der Waals surface area contributed by atoms with Crippen LogP contribution in [0, 0.1) is 5.41 Å². The molecule has 0 spiro atoms. The molecule has 0 aliphatic heterocycles. The summed E-state index contributed by atoms with van der Waals surface area (Å²) >= 11 is 0. The number of hydrogen-bond acceptors (Lipinski definition) is 2. The molecule has 1 saturated carbocycles. The number of aliphatic hydroxyl groups excluding tert-OH is 1. The van der Waals surface area contributed by atoms with Crippen LogP contribution in [0.3, 0.4) is 0 Å². The molecule has 0 amide bonds. The SMILES string of the molecule is NCC1(C(O)c2ccccc2)CCCCC1. The molecule has 2 nitrogen and oxygen atoms in total. The molecule has 88 valence electrons. The monoisotopic (exact) mass is 219 g/mol. The smallest absolute Gasteiger partial charge is 0.0858 e. The molecule has 0 bridgehead atoms.